The van der Waals surface area contributed by atoms with Crippen molar-refractivity contribution >= 4 is 30.9 Å². The third-order valence-corrected chi connectivity index (χ3v) is 20.4. The zero-order valence-corrected chi connectivity index (χ0v) is 36.7. The van der Waals surface area contributed by atoms with Crippen molar-refractivity contribution in [1.29, 1.82) is 0 Å². The van der Waals surface area contributed by atoms with Crippen molar-refractivity contribution in [3.8, 4) is 11.8 Å². The lowest BCUT2D eigenvalue weighted by Gasteiger charge is -2.37. The summed E-state index contributed by atoms with van der Waals surface area (Å²) in [5.74, 6) is 7.37. The smallest absolute Gasteiger partial charge is 0.303 e. The molecule has 0 saturated heterocycles. The second kappa shape index (κ2) is 19.4. The molecule has 9 heteroatoms. The molecule has 5 atom stereocenters. The minimum absolute atomic E-state index is 0.00338. The molecule has 0 amide bonds. The van der Waals surface area contributed by atoms with Crippen molar-refractivity contribution in [3.63, 3.8) is 0 Å². The van der Waals surface area contributed by atoms with Gasteiger partial charge in [0.2, 0.25) is 8.32 Å². The van der Waals surface area contributed by atoms with Gasteiger partial charge >= 0.3 is 5.97 Å². The van der Waals surface area contributed by atoms with Crippen molar-refractivity contribution in [2.24, 2.45) is 5.92 Å². The molecular weight excluding hydrogens is 649 g/mol. The van der Waals surface area contributed by atoms with Crippen LogP contribution in [-0.4, -0.2) is 59.9 Å². The van der Waals surface area contributed by atoms with Crippen LogP contribution in [0.4, 0.5) is 0 Å². The highest BCUT2D eigenvalue weighted by Crippen LogP contribution is 2.45. The SMILES string of the molecule is CCCCC(C)(C/C=C/[C@@H]1C(CC#CC(CCC(C)O)OC(C)=O)=C(O[Si](C)(C)C(C)(C)C)C[C@H]1O[Si](CC)(CC)CC)O[Si](C)(C)C. The van der Waals surface area contributed by atoms with Gasteiger partial charge in [0.25, 0.3) is 0 Å². The number of rotatable bonds is 20. The summed E-state index contributed by atoms with van der Waals surface area (Å²) in [5, 5.41) is 9.92. The highest BCUT2D eigenvalue weighted by molar-refractivity contribution is 6.74. The van der Waals surface area contributed by atoms with Crippen LogP contribution in [0.15, 0.2) is 23.5 Å². The number of carbonyl (C=O) groups is 1. The van der Waals surface area contributed by atoms with E-state index in [-0.39, 0.29) is 28.6 Å². The molecule has 1 aliphatic carbocycles. The molecule has 0 aliphatic heterocycles. The van der Waals surface area contributed by atoms with E-state index in [9.17, 15) is 9.90 Å². The predicted molar refractivity (Wildman–Crippen MR) is 210 cm³/mol. The van der Waals surface area contributed by atoms with Crippen molar-refractivity contribution in [1.82, 2.24) is 0 Å². The fraction of sp³-hybridized carbons (Fsp3) is 0.821. The van der Waals surface area contributed by atoms with Gasteiger partial charge in [-0.1, -0.05) is 85.3 Å². The normalized spacial score (nSPS) is 20.3. The molecule has 1 N–H and O–H groups in total. The lowest BCUT2D eigenvalue weighted by atomic mass is 9.92. The molecule has 6 nitrogen and oxygen atoms in total. The maximum Gasteiger partial charge on any atom is 0.303 e. The van der Waals surface area contributed by atoms with Crippen molar-refractivity contribution in [2.75, 3.05) is 0 Å². The number of aliphatic hydroxyl groups excluding tert-OH is 1. The Kier molecular flexibility index (Phi) is 18.2. The molecule has 0 heterocycles. The van der Waals surface area contributed by atoms with Crippen LogP contribution in [0.3, 0.4) is 0 Å². The van der Waals surface area contributed by atoms with Crippen LogP contribution < -0.4 is 0 Å². The molecule has 0 fully saturated rings. The topological polar surface area (TPSA) is 74.2 Å². The van der Waals surface area contributed by atoms with Crippen LogP contribution in [0.2, 0.25) is 55.9 Å². The van der Waals surface area contributed by atoms with Gasteiger partial charge in [0.05, 0.1) is 23.6 Å². The molecular formula is C39H74O6Si3. The van der Waals surface area contributed by atoms with Gasteiger partial charge in [0, 0.05) is 25.7 Å². The molecule has 0 aromatic heterocycles. The van der Waals surface area contributed by atoms with Gasteiger partial charge < -0.3 is 23.1 Å². The highest BCUT2D eigenvalue weighted by Gasteiger charge is 2.45. The Bertz CT molecular complexity index is 1110. The molecule has 1 rings (SSSR count). The first-order valence-electron chi connectivity index (χ1n) is 18.9. The van der Waals surface area contributed by atoms with Crippen LogP contribution >= 0.6 is 0 Å². The van der Waals surface area contributed by atoms with Gasteiger partial charge in [0.1, 0.15) is 0 Å². The number of aliphatic hydroxyl groups is 1. The van der Waals surface area contributed by atoms with E-state index in [0.29, 0.717) is 19.3 Å². The van der Waals surface area contributed by atoms with E-state index in [1.807, 2.05) is 0 Å². The Morgan fingerprint density at radius 2 is 1.62 bits per heavy atom. The summed E-state index contributed by atoms with van der Waals surface area (Å²) in [7, 11) is -5.84. The molecule has 0 spiro atoms. The van der Waals surface area contributed by atoms with Gasteiger partial charge in [0.15, 0.2) is 22.7 Å². The van der Waals surface area contributed by atoms with E-state index in [2.05, 4.69) is 112 Å². The van der Waals surface area contributed by atoms with E-state index in [1.165, 1.54) is 12.5 Å². The van der Waals surface area contributed by atoms with Crippen LogP contribution in [0.25, 0.3) is 0 Å². The van der Waals surface area contributed by atoms with E-state index in [1.54, 1.807) is 6.92 Å². The average Bonchev–Trinajstić information content (AvgIpc) is 3.25. The standard InChI is InChI=1S/C39H74O6Si3/c1-16-20-28-39(10,45-46(11,12)13)29-22-25-35-34(24-21-23-33(42-32(6)41)27-26-31(5)40)36(43-47(14,15)38(7,8)9)30-37(35)44-48(17-2,18-3)19-4/h22,25,31,33,35,37,40H,16-20,24,26-30H2,1-15H3/b25-22+/t31?,33?,35-,37-,39?/m1/s1. The minimum Gasteiger partial charge on any atom is -0.546 e. The summed E-state index contributed by atoms with van der Waals surface area (Å²) < 4.78 is 26.8. The van der Waals surface area contributed by atoms with Gasteiger partial charge in [-0.05, 0) is 101 Å². The number of esters is 1. The Labute approximate surface area is 299 Å². The molecule has 48 heavy (non-hydrogen) atoms. The molecule has 0 aromatic carbocycles. The lowest BCUT2D eigenvalue weighted by Crippen LogP contribution is -2.42. The monoisotopic (exact) mass is 722 g/mol. The second-order valence-electron chi connectivity index (χ2n) is 16.9. The molecule has 1 aliphatic rings. The minimum atomic E-state index is -2.15. The number of carbonyl (C=O) groups excluding carboxylic acids is 1. The van der Waals surface area contributed by atoms with Gasteiger partial charge in [-0.2, -0.15) is 0 Å². The van der Waals surface area contributed by atoms with Gasteiger partial charge in [-0.3, -0.25) is 4.79 Å². The summed E-state index contributed by atoms with van der Waals surface area (Å²) in [5.41, 5.74) is 0.990. The lowest BCUT2D eigenvalue weighted by molar-refractivity contribution is -0.144. The molecule has 0 radical (unpaired) electrons. The zero-order valence-electron chi connectivity index (χ0n) is 33.7. The number of ether oxygens (including phenoxy) is 1. The predicted octanol–water partition coefficient (Wildman–Crippen LogP) is 10.9. The maximum atomic E-state index is 11.9. The van der Waals surface area contributed by atoms with Crippen LogP contribution in [0.5, 0.6) is 0 Å². The summed E-state index contributed by atoms with van der Waals surface area (Å²) in [4.78, 5) is 11.9. The largest absolute Gasteiger partial charge is 0.546 e. The average molecular weight is 723 g/mol. The molecule has 278 valence electrons. The van der Waals surface area contributed by atoms with Crippen molar-refractivity contribution < 1.29 is 27.9 Å². The molecule has 0 aromatic rings. The molecule has 3 unspecified atom stereocenters. The third-order valence-electron chi connectivity index (χ3n) is 10.3. The second-order valence-corrected chi connectivity index (χ2v) is 30.7. The van der Waals surface area contributed by atoms with Gasteiger partial charge in [-0.15, -0.1) is 0 Å². The summed E-state index contributed by atoms with van der Waals surface area (Å²) in [6.45, 7) is 32.9. The fourth-order valence-electron chi connectivity index (χ4n) is 6.27. The van der Waals surface area contributed by atoms with E-state index >= 15 is 0 Å². The highest BCUT2D eigenvalue weighted by atomic mass is 28.4. The Morgan fingerprint density at radius 3 is 2.10 bits per heavy atom. The Hall–Kier alpha value is -1.16. The summed E-state index contributed by atoms with van der Waals surface area (Å²) >= 11 is 0. The van der Waals surface area contributed by atoms with E-state index in [0.717, 1.165) is 56.0 Å². The number of hydrogen-bond acceptors (Lipinski definition) is 6. The third kappa shape index (κ3) is 15.0. The first kappa shape index (κ1) is 44.9. The fourth-order valence-corrected chi connectivity index (χ4v) is 11.9. The number of hydrogen-bond donors (Lipinski definition) is 1. The van der Waals surface area contributed by atoms with Crippen molar-refractivity contribution in [2.45, 2.75) is 200 Å². The van der Waals surface area contributed by atoms with Crippen molar-refractivity contribution in [3.05, 3.63) is 23.5 Å². The van der Waals surface area contributed by atoms with E-state index < -0.39 is 37.2 Å². The molecule has 0 saturated carbocycles. The first-order valence-corrected chi connectivity index (χ1v) is 27.7. The van der Waals surface area contributed by atoms with Crippen LogP contribution in [0, 0.1) is 17.8 Å². The zero-order chi connectivity index (χ0) is 37.0. The maximum absolute atomic E-state index is 11.9. The Balaban J connectivity index is 3.75. The van der Waals surface area contributed by atoms with Crippen LogP contribution in [0.1, 0.15) is 121 Å². The van der Waals surface area contributed by atoms with E-state index in [4.69, 9.17) is 18.0 Å². The summed E-state index contributed by atoms with van der Waals surface area (Å²) in [6.07, 6.45) is 10.2. The first-order chi connectivity index (χ1) is 22.1. The Morgan fingerprint density at radius 1 is 1.02 bits per heavy atom. The van der Waals surface area contributed by atoms with Gasteiger partial charge in [-0.25, -0.2) is 0 Å². The van der Waals surface area contributed by atoms with Crippen LogP contribution in [-0.2, 0) is 22.8 Å². The summed E-state index contributed by atoms with van der Waals surface area (Å²) in [6, 6.07) is 3.27. The quantitative estimate of drug-likeness (QED) is 0.0584. The molecule has 0 bridgehead atoms. The number of unbranched alkanes of at least 4 members (excludes halogenated alkanes) is 1.